The second-order valence-electron chi connectivity index (χ2n) is 13.4. The molecule has 3 heterocycles. The van der Waals surface area contributed by atoms with E-state index in [1.54, 1.807) is 0 Å². The number of hydrogen-bond donors (Lipinski definition) is 2. The minimum absolute atomic E-state index is 0.171. The molecule has 4 aromatic carbocycles. The lowest BCUT2D eigenvalue weighted by molar-refractivity contribution is -0.182. The average Bonchev–Trinajstić information content (AvgIpc) is 3.23. The van der Waals surface area contributed by atoms with Gasteiger partial charge in [-0.05, 0) is 37.8 Å². The summed E-state index contributed by atoms with van der Waals surface area (Å²) in [5.74, 6) is 0. The molecule has 0 radical (unpaired) electrons. The van der Waals surface area contributed by atoms with Crippen LogP contribution in [0.4, 0.5) is 0 Å². The van der Waals surface area contributed by atoms with E-state index in [1.807, 2.05) is 24.3 Å². The first-order chi connectivity index (χ1) is 22.7. The second-order valence-corrected chi connectivity index (χ2v) is 17.7. The first kappa shape index (κ1) is 31.4. The standard InChI is InChI=1S/C37H39N3O6Si/c1-36(2,3)47(29-14-6-4-7-15-29,30-16-8-5-9-17-30)44-25-37-24-38-46-32(34(45-37)40-21-20-31(41)39-35(40)42)33(37)43-23-26-18-19-27-12-10-11-13-28(27)22-26/h4-22,32-34,38H,23-25H2,1-3H3,(H,39,41,42). The van der Waals surface area contributed by atoms with Crippen LogP contribution in [0.1, 0.15) is 32.6 Å². The molecule has 2 bridgehead atoms. The van der Waals surface area contributed by atoms with Gasteiger partial charge in [-0.25, -0.2) is 4.79 Å². The predicted octanol–water partition coefficient (Wildman–Crippen LogP) is 4.02. The number of nitrogens with one attached hydrogen (secondary N) is 2. The molecule has 0 spiro atoms. The van der Waals surface area contributed by atoms with Crippen molar-refractivity contribution in [2.45, 2.75) is 56.5 Å². The third-order valence-electron chi connectivity index (χ3n) is 9.36. The summed E-state index contributed by atoms with van der Waals surface area (Å²) in [5, 5.41) is 4.30. The molecule has 2 saturated heterocycles. The normalized spacial score (nSPS) is 22.8. The molecule has 242 valence electrons. The van der Waals surface area contributed by atoms with Gasteiger partial charge in [0, 0.05) is 12.3 Å². The largest absolute Gasteiger partial charge is 0.404 e. The number of hydroxylamine groups is 1. The fourth-order valence-corrected chi connectivity index (χ4v) is 11.7. The Morgan fingerprint density at radius 1 is 0.872 bits per heavy atom. The van der Waals surface area contributed by atoms with E-state index in [1.165, 1.54) is 16.8 Å². The maximum atomic E-state index is 13.0. The van der Waals surface area contributed by atoms with Crippen molar-refractivity contribution in [3.63, 3.8) is 0 Å². The molecule has 0 aliphatic carbocycles. The van der Waals surface area contributed by atoms with Crippen molar-refractivity contribution >= 4 is 29.5 Å². The maximum Gasteiger partial charge on any atom is 0.330 e. The van der Waals surface area contributed by atoms with E-state index in [9.17, 15) is 9.59 Å². The minimum atomic E-state index is -2.96. The first-order valence-electron chi connectivity index (χ1n) is 15.9. The molecular formula is C37H39N3O6Si. The minimum Gasteiger partial charge on any atom is -0.404 e. The molecule has 47 heavy (non-hydrogen) atoms. The summed E-state index contributed by atoms with van der Waals surface area (Å²) < 4.78 is 22.4. The zero-order chi connectivity index (χ0) is 32.6. The SMILES string of the molecule is CC(C)(C)[Si](OCC12CNOC(C(n3ccc(=O)[nH]c3=O)O1)C2OCc1ccc2ccccc2c1)(c1ccccc1)c1ccccc1. The molecule has 5 aromatic rings. The highest BCUT2D eigenvalue weighted by Crippen LogP contribution is 2.45. The zero-order valence-electron chi connectivity index (χ0n) is 26.7. The summed E-state index contributed by atoms with van der Waals surface area (Å²) in [7, 11) is -2.96. The topological polar surface area (TPSA) is 104 Å². The van der Waals surface area contributed by atoms with Crippen LogP contribution in [0.25, 0.3) is 10.8 Å². The van der Waals surface area contributed by atoms with E-state index in [0.717, 1.165) is 26.7 Å². The fraction of sp³-hybridized carbons (Fsp3) is 0.297. The van der Waals surface area contributed by atoms with Gasteiger partial charge in [-0.3, -0.25) is 19.2 Å². The third kappa shape index (κ3) is 5.71. The number of benzene rings is 4. The molecule has 9 nitrogen and oxygen atoms in total. The van der Waals surface area contributed by atoms with Crippen LogP contribution in [0, 0.1) is 0 Å². The van der Waals surface area contributed by atoms with Gasteiger partial charge >= 0.3 is 5.69 Å². The number of hydrogen-bond acceptors (Lipinski definition) is 7. The number of aromatic nitrogens is 2. The molecule has 2 fully saturated rings. The lowest BCUT2D eigenvalue weighted by Gasteiger charge is -2.46. The van der Waals surface area contributed by atoms with Crippen molar-refractivity contribution in [3.05, 3.63) is 142 Å². The van der Waals surface area contributed by atoms with Crippen molar-refractivity contribution in [2.24, 2.45) is 0 Å². The number of H-pyrrole nitrogens is 1. The molecule has 10 heteroatoms. The summed E-state index contributed by atoms with van der Waals surface area (Å²) in [4.78, 5) is 33.4. The molecular weight excluding hydrogens is 611 g/mol. The Bertz CT molecular complexity index is 1940. The van der Waals surface area contributed by atoms with E-state index >= 15 is 0 Å². The van der Waals surface area contributed by atoms with Gasteiger partial charge < -0.3 is 13.9 Å². The van der Waals surface area contributed by atoms with Gasteiger partial charge in [-0.15, -0.1) is 0 Å². The van der Waals surface area contributed by atoms with E-state index in [0.29, 0.717) is 6.61 Å². The van der Waals surface area contributed by atoms with Crippen LogP contribution < -0.4 is 27.1 Å². The van der Waals surface area contributed by atoms with E-state index < -0.39 is 43.6 Å². The van der Waals surface area contributed by atoms with E-state index in [2.05, 4.69) is 110 Å². The second kappa shape index (κ2) is 12.5. The molecule has 2 aliphatic heterocycles. The van der Waals surface area contributed by atoms with Crippen LogP contribution in [-0.4, -0.2) is 48.8 Å². The summed E-state index contributed by atoms with van der Waals surface area (Å²) in [6, 6.07) is 36.6. The average molecular weight is 650 g/mol. The monoisotopic (exact) mass is 649 g/mol. The van der Waals surface area contributed by atoms with Gasteiger partial charge in [0.15, 0.2) is 12.3 Å². The quantitative estimate of drug-likeness (QED) is 0.233. The van der Waals surface area contributed by atoms with Crippen LogP contribution in [-0.2, 0) is 25.3 Å². The van der Waals surface area contributed by atoms with Gasteiger partial charge in [0.2, 0.25) is 0 Å². The van der Waals surface area contributed by atoms with Crippen molar-refractivity contribution < 1.29 is 18.7 Å². The van der Waals surface area contributed by atoms with Gasteiger partial charge in [-0.1, -0.05) is 118 Å². The van der Waals surface area contributed by atoms with Crippen LogP contribution in [0.15, 0.2) is 125 Å². The summed E-state index contributed by atoms with van der Waals surface area (Å²) in [6.45, 7) is 7.42. The van der Waals surface area contributed by atoms with Crippen molar-refractivity contribution in [2.75, 3.05) is 13.2 Å². The Balaban J connectivity index is 1.29. The smallest absolute Gasteiger partial charge is 0.330 e. The number of aromatic amines is 1. The van der Waals surface area contributed by atoms with Gasteiger partial charge in [0.1, 0.15) is 11.7 Å². The van der Waals surface area contributed by atoms with E-state index in [-0.39, 0.29) is 18.2 Å². The fourth-order valence-electron chi connectivity index (χ4n) is 7.11. The van der Waals surface area contributed by atoms with Crippen LogP contribution in [0.5, 0.6) is 0 Å². The highest BCUT2D eigenvalue weighted by molar-refractivity contribution is 6.99. The third-order valence-corrected chi connectivity index (χ3v) is 14.3. The highest BCUT2D eigenvalue weighted by atomic mass is 28.4. The number of fused-ring (bicyclic) bond motifs is 3. The summed E-state index contributed by atoms with van der Waals surface area (Å²) in [5.41, 5.74) is 1.96. The maximum absolute atomic E-state index is 13.0. The zero-order valence-corrected chi connectivity index (χ0v) is 27.7. The molecule has 4 unspecified atom stereocenters. The van der Waals surface area contributed by atoms with Crippen LogP contribution in [0.2, 0.25) is 5.04 Å². The van der Waals surface area contributed by atoms with Gasteiger partial charge in [0.05, 0.1) is 19.8 Å². The Kier molecular flexibility index (Phi) is 8.33. The lowest BCUT2D eigenvalue weighted by Crippen LogP contribution is -2.69. The number of nitrogens with zero attached hydrogens (tertiary/aromatic N) is 1. The molecule has 2 N–H and O–H groups in total. The van der Waals surface area contributed by atoms with Gasteiger partial charge in [0.25, 0.3) is 13.9 Å². The molecule has 2 aliphatic rings. The molecule has 0 amide bonds. The Morgan fingerprint density at radius 2 is 1.53 bits per heavy atom. The van der Waals surface area contributed by atoms with Crippen molar-refractivity contribution in [3.8, 4) is 0 Å². The Hall–Kier alpha value is -4.16. The van der Waals surface area contributed by atoms with Gasteiger partial charge in [-0.2, -0.15) is 5.48 Å². The Morgan fingerprint density at radius 3 is 2.19 bits per heavy atom. The van der Waals surface area contributed by atoms with Crippen molar-refractivity contribution in [1.82, 2.24) is 15.0 Å². The molecule has 4 atom stereocenters. The lowest BCUT2D eigenvalue weighted by atomic mass is 9.94. The number of ether oxygens (including phenoxy) is 2. The molecule has 1 aromatic heterocycles. The first-order valence-corrected chi connectivity index (χ1v) is 17.8. The van der Waals surface area contributed by atoms with Crippen LogP contribution >= 0.6 is 0 Å². The highest BCUT2D eigenvalue weighted by Gasteiger charge is 2.62. The Labute approximate surface area is 274 Å². The van der Waals surface area contributed by atoms with Crippen LogP contribution in [0.3, 0.4) is 0 Å². The summed E-state index contributed by atoms with van der Waals surface area (Å²) >= 11 is 0. The number of rotatable bonds is 9. The van der Waals surface area contributed by atoms with Crippen molar-refractivity contribution in [1.29, 1.82) is 0 Å². The summed E-state index contributed by atoms with van der Waals surface area (Å²) in [6.07, 6.45) is -0.765. The van der Waals surface area contributed by atoms with E-state index in [4.69, 9.17) is 18.7 Å². The molecule has 0 saturated carbocycles. The predicted molar refractivity (Wildman–Crippen MR) is 183 cm³/mol. The molecule has 7 rings (SSSR count).